The van der Waals surface area contributed by atoms with Crippen molar-refractivity contribution in [3.8, 4) is 23.1 Å². The standard InChI is InChI=1S/C44H51F4N9O5S/c1-43(2,60)28-57-27-32(24-50-57)40-36(44(46,47)48)25-49-42(53-40)51-38-11-9-34(23-37(38)45)63(61,62)54-33-15-20-56(21-16-33)26-30-13-18-55(19-14-30)17-4-3-6-29-7-5-8-31(22-29)35-10-12-39(58)52-41(35)59/h5,7-9,11,22-25,27,30,33,35,54,60H,4,10,12-21,26,28H2,1-2H3,(H,49,51,53)(H,52,58,59). The van der Waals surface area contributed by atoms with Gasteiger partial charge in [-0.15, -0.1) is 0 Å². The maximum Gasteiger partial charge on any atom is 0.419 e. The number of anilines is 2. The van der Waals surface area contributed by atoms with Gasteiger partial charge in [0.15, 0.2) is 0 Å². The first-order valence-corrected chi connectivity index (χ1v) is 22.5. The van der Waals surface area contributed by atoms with E-state index in [9.17, 15) is 36.3 Å². The Morgan fingerprint density at radius 3 is 2.41 bits per heavy atom. The van der Waals surface area contributed by atoms with Gasteiger partial charge in [-0.05, 0) is 114 Å². The summed E-state index contributed by atoms with van der Waals surface area (Å²) in [6.45, 7) is 8.28. The second-order valence-corrected chi connectivity index (χ2v) is 18.8. The van der Waals surface area contributed by atoms with Crippen LogP contribution in [-0.4, -0.2) is 106 Å². The summed E-state index contributed by atoms with van der Waals surface area (Å²) in [4.78, 5) is 36.0. The van der Waals surface area contributed by atoms with Gasteiger partial charge in [0.05, 0.1) is 40.5 Å². The molecule has 7 rings (SSSR count). The van der Waals surface area contributed by atoms with Crippen LogP contribution in [0.15, 0.2) is 66.0 Å². The number of alkyl halides is 3. The highest BCUT2D eigenvalue weighted by atomic mass is 32.2. The zero-order valence-corrected chi connectivity index (χ0v) is 35.9. The Kier molecular flexibility index (Phi) is 14.0. The Balaban J connectivity index is 0.852. The molecule has 3 aliphatic heterocycles. The highest BCUT2D eigenvalue weighted by Gasteiger charge is 2.36. The van der Waals surface area contributed by atoms with Gasteiger partial charge >= 0.3 is 6.18 Å². The monoisotopic (exact) mass is 893 g/mol. The third-order valence-electron chi connectivity index (χ3n) is 11.5. The van der Waals surface area contributed by atoms with E-state index in [0.29, 0.717) is 37.8 Å². The summed E-state index contributed by atoms with van der Waals surface area (Å²) in [6.07, 6.45) is 3.12. The van der Waals surface area contributed by atoms with Crippen LogP contribution in [-0.2, 0) is 32.3 Å². The lowest BCUT2D eigenvalue weighted by atomic mass is 9.90. The number of benzene rings is 2. The van der Waals surface area contributed by atoms with Gasteiger partial charge in [0, 0.05) is 55.5 Å². The Bertz CT molecular complexity index is 2460. The van der Waals surface area contributed by atoms with E-state index < -0.39 is 38.9 Å². The van der Waals surface area contributed by atoms with Gasteiger partial charge in [-0.1, -0.05) is 24.0 Å². The lowest BCUT2D eigenvalue weighted by molar-refractivity contribution is -0.137. The van der Waals surface area contributed by atoms with Crippen molar-refractivity contribution in [2.24, 2.45) is 5.92 Å². The topological polar surface area (TPSA) is 175 Å². The average molecular weight is 894 g/mol. The fourth-order valence-electron chi connectivity index (χ4n) is 8.23. The molecule has 336 valence electrons. The predicted octanol–water partition coefficient (Wildman–Crippen LogP) is 5.43. The first kappa shape index (κ1) is 45.8. The zero-order valence-electron chi connectivity index (χ0n) is 35.1. The molecule has 0 aliphatic carbocycles. The molecule has 19 heteroatoms. The molecule has 2 aromatic heterocycles. The molecular formula is C44H51F4N9O5S. The summed E-state index contributed by atoms with van der Waals surface area (Å²) in [5, 5.41) is 19.1. The van der Waals surface area contributed by atoms with Gasteiger partial charge in [-0.2, -0.15) is 18.3 Å². The number of imide groups is 1. The average Bonchev–Trinajstić information content (AvgIpc) is 3.68. The number of nitrogens with one attached hydrogen (secondary N) is 3. The SMILES string of the molecule is CC(C)(O)Cn1cc(-c2nc(Nc3ccc(S(=O)(=O)NC4CCN(CC5CCN(CCC#Cc6cccc(C7CCC(=O)NC7=O)c6)CC5)CC4)cc3F)ncc2C(F)(F)F)cn1. The number of hydrogen-bond donors (Lipinski definition) is 4. The summed E-state index contributed by atoms with van der Waals surface area (Å²) < 4.78 is 87.7. The van der Waals surface area contributed by atoms with E-state index in [1.54, 1.807) is 0 Å². The van der Waals surface area contributed by atoms with Crippen LogP contribution < -0.4 is 15.4 Å². The van der Waals surface area contributed by atoms with Crippen LogP contribution in [0.5, 0.6) is 0 Å². The van der Waals surface area contributed by atoms with Gasteiger partial charge in [-0.25, -0.2) is 27.5 Å². The lowest BCUT2D eigenvalue weighted by Gasteiger charge is -2.37. The number of rotatable bonds is 13. The fourth-order valence-corrected chi connectivity index (χ4v) is 9.54. The van der Waals surface area contributed by atoms with Crippen LogP contribution in [0.1, 0.15) is 81.4 Å². The van der Waals surface area contributed by atoms with Crippen molar-refractivity contribution in [1.82, 2.24) is 39.6 Å². The molecule has 2 aromatic carbocycles. The maximum absolute atomic E-state index is 15.4. The van der Waals surface area contributed by atoms with Crippen molar-refractivity contribution in [2.45, 2.75) is 94.0 Å². The van der Waals surface area contributed by atoms with Crippen molar-refractivity contribution in [3.05, 3.63) is 83.6 Å². The number of amides is 2. The zero-order chi connectivity index (χ0) is 44.9. The number of aromatic nitrogens is 4. The van der Waals surface area contributed by atoms with Gasteiger partial charge in [0.2, 0.25) is 27.8 Å². The Morgan fingerprint density at radius 1 is 0.968 bits per heavy atom. The van der Waals surface area contributed by atoms with E-state index in [0.717, 1.165) is 75.7 Å². The number of nitrogens with zero attached hydrogens (tertiary/aromatic N) is 6. The van der Waals surface area contributed by atoms with E-state index >= 15 is 4.39 Å². The van der Waals surface area contributed by atoms with E-state index in [1.165, 1.54) is 43.1 Å². The smallest absolute Gasteiger partial charge is 0.389 e. The second kappa shape index (κ2) is 19.2. The van der Waals surface area contributed by atoms with Crippen LogP contribution in [0.3, 0.4) is 0 Å². The summed E-state index contributed by atoms with van der Waals surface area (Å²) in [5.74, 6) is 4.88. The third kappa shape index (κ3) is 12.3. The normalized spacial score (nSPS) is 18.8. The van der Waals surface area contributed by atoms with E-state index in [2.05, 4.69) is 52.1 Å². The van der Waals surface area contributed by atoms with Crippen molar-refractivity contribution in [2.75, 3.05) is 44.6 Å². The van der Waals surface area contributed by atoms with Crippen LogP contribution >= 0.6 is 0 Å². The highest BCUT2D eigenvalue weighted by molar-refractivity contribution is 7.89. The maximum atomic E-state index is 15.4. The quantitative estimate of drug-likeness (QED) is 0.0766. The minimum absolute atomic E-state index is 0.00169. The number of carbonyl (C=O) groups excluding carboxylic acids is 2. The summed E-state index contributed by atoms with van der Waals surface area (Å²) in [7, 11) is -4.09. The molecule has 0 bridgehead atoms. The van der Waals surface area contributed by atoms with Crippen molar-refractivity contribution in [3.63, 3.8) is 0 Å². The number of carbonyl (C=O) groups is 2. The molecular weight excluding hydrogens is 843 g/mol. The largest absolute Gasteiger partial charge is 0.419 e. The Morgan fingerprint density at radius 2 is 1.71 bits per heavy atom. The van der Waals surface area contributed by atoms with Crippen molar-refractivity contribution in [1.29, 1.82) is 0 Å². The number of piperidine rings is 3. The molecule has 1 unspecified atom stereocenters. The molecule has 3 saturated heterocycles. The molecule has 0 saturated carbocycles. The highest BCUT2D eigenvalue weighted by Crippen LogP contribution is 2.37. The van der Waals surface area contributed by atoms with Gasteiger partial charge in [-0.3, -0.25) is 19.6 Å². The molecule has 4 N–H and O–H groups in total. The van der Waals surface area contributed by atoms with E-state index in [-0.39, 0.29) is 52.4 Å². The molecule has 3 fully saturated rings. The first-order valence-electron chi connectivity index (χ1n) is 21.0. The van der Waals surface area contributed by atoms with Gasteiger partial charge in [0.1, 0.15) is 11.4 Å². The van der Waals surface area contributed by atoms with E-state index in [4.69, 9.17) is 0 Å². The number of hydrogen-bond acceptors (Lipinski definition) is 11. The molecule has 0 radical (unpaired) electrons. The molecule has 1 atom stereocenters. The summed E-state index contributed by atoms with van der Waals surface area (Å²) >= 11 is 0. The summed E-state index contributed by atoms with van der Waals surface area (Å²) in [6, 6.07) is 10.5. The van der Waals surface area contributed by atoms with Crippen LogP contribution in [0, 0.1) is 23.6 Å². The third-order valence-corrected chi connectivity index (χ3v) is 13.0. The minimum atomic E-state index is -4.81. The van der Waals surface area contributed by atoms with Gasteiger partial charge in [0.25, 0.3) is 0 Å². The number of aliphatic hydroxyl groups is 1. The van der Waals surface area contributed by atoms with Crippen LogP contribution in [0.4, 0.5) is 29.2 Å². The second-order valence-electron chi connectivity index (χ2n) is 17.1. The Hall–Kier alpha value is -5.26. The molecule has 2 amide bonds. The fraction of sp³-hybridized carbons (Fsp3) is 0.477. The molecule has 5 heterocycles. The number of halogens is 4. The minimum Gasteiger partial charge on any atom is -0.389 e. The molecule has 0 spiro atoms. The molecule has 4 aromatic rings. The Labute approximate surface area is 363 Å². The molecule has 63 heavy (non-hydrogen) atoms. The van der Waals surface area contributed by atoms with Gasteiger partial charge < -0.3 is 20.2 Å². The first-order chi connectivity index (χ1) is 29.9. The van der Waals surface area contributed by atoms with Crippen molar-refractivity contribution >= 4 is 33.5 Å². The van der Waals surface area contributed by atoms with Crippen LogP contribution in [0.25, 0.3) is 11.3 Å². The lowest BCUT2D eigenvalue weighted by Crippen LogP contribution is -2.46. The van der Waals surface area contributed by atoms with Crippen molar-refractivity contribution < 1.29 is 40.7 Å². The molecule has 14 nitrogen and oxygen atoms in total. The number of sulfonamides is 1. The molecule has 3 aliphatic rings. The predicted molar refractivity (Wildman–Crippen MR) is 226 cm³/mol. The van der Waals surface area contributed by atoms with E-state index in [1.807, 2.05) is 24.3 Å². The summed E-state index contributed by atoms with van der Waals surface area (Å²) in [5.41, 5.74) is -1.34. The van der Waals surface area contributed by atoms with Crippen LogP contribution in [0.2, 0.25) is 0 Å². The number of likely N-dealkylation sites (tertiary alicyclic amines) is 2.